The van der Waals surface area contributed by atoms with Gasteiger partial charge < -0.3 is 15.5 Å². The van der Waals surface area contributed by atoms with Crippen LogP contribution >= 0.6 is 22.7 Å². The van der Waals surface area contributed by atoms with Gasteiger partial charge in [-0.3, -0.25) is 9.88 Å². The van der Waals surface area contributed by atoms with Crippen molar-refractivity contribution in [3.63, 3.8) is 0 Å². The number of aromatic nitrogens is 3. The van der Waals surface area contributed by atoms with E-state index in [0.29, 0.717) is 0 Å². The molecular formula is C49H49N7S2. The van der Waals surface area contributed by atoms with Crippen molar-refractivity contribution in [1.29, 1.82) is 0 Å². The fourth-order valence-electron chi connectivity index (χ4n) is 6.39. The highest BCUT2D eigenvalue weighted by Gasteiger charge is 2.08. The molecule has 292 valence electrons. The van der Waals surface area contributed by atoms with Crippen molar-refractivity contribution < 1.29 is 0 Å². The molecule has 0 aliphatic heterocycles. The zero-order chi connectivity index (χ0) is 39.8. The Hall–Kier alpha value is -6.13. The largest absolute Gasteiger partial charge is 0.374 e. The van der Waals surface area contributed by atoms with Gasteiger partial charge in [0.15, 0.2) is 10.3 Å². The van der Waals surface area contributed by atoms with Crippen LogP contribution in [0.3, 0.4) is 0 Å². The Morgan fingerprint density at radius 2 is 1.05 bits per heavy atom. The molecule has 3 heterocycles. The summed E-state index contributed by atoms with van der Waals surface area (Å²) < 4.78 is 0. The molecule has 0 unspecified atom stereocenters. The second-order valence-corrected chi connectivity index (χ2v) is 15.7. The van der Waals surface area contributed by atoms with E-state index < -0.39 is 0 Å². The van der Waals surface area contributed by atoms with E-state index in [-0.39, 0.29) is 0 Å². The van der Waals surface area contributed by atoms with Gasteiger partial charge in [0.1, 0.15) is 0 Å². The first-order valence-electron chi connectivity index (χ1n) is 19.7. The number of nitrogens with one attached hydrogen (secondary N) is 2. The first-order chi connectivity index (χ1) is 28.6. The molecule has 0 radical (unpaired) electrons. The Morgan fingerprint density at radius 1 is 0.534 bits per heavy atom. The molecule has 9 heteroatoms. The molecule has 0 aliphatic carbocycles. The van der Waals surface area contributed by atoms with E-state index in [1.165, 1.54) is 22.4 Å². The van der Waals surface area contributed by atoms with E-state index in [9.17, 15) is 0 Å². The van der Waals surface area contributed by atoms with E-state index in [0.717, 1.165) is 83.2 Å². The highest BCUT2D eigenvalue weighted by molar-refractivity contribution is 7.14. The Bertz CT molecular complexity index is 2370. The van der Waals surface area contributed by atoms with Crippen molar-refractivity contribution in [3.8, 4) is 22.5 Å². The third kappa shape index (κ3) is 11.9. The molecule has 0 aliphatic rings. The van der Waals surface area contributed by atoms with Crippen LogP contribution in [0.1, 0.15) is 23.6 Å². The molecule has 0 saturated carbocycles. The van der Waals surface area contributed by atoms with Crippen LogP contribution in [0.15, 0.2) is 175 Å². The van der Waals surface area contributed by atoms with Gasteiger partial charge in [0.25, 0.3) is 0 Å². The minimum absolute atomic E-state index is 0.885. The summed E-state index contributed by atoms with van der Waals surface area (Å²) in [6.45, 7) is 6.34. The van der Waals surface area contributed by atoms with Gasteiger partial charge in [-0.25, -0.2) is 9.97 Å². The normalized spacial score (nSPS) is 10.8. The zero-order valence-electron chi connectivity index (χ0n) is 33.0. The molecule has 2 N–H and O–H groups in total. The summed E-state index contributed by atoms with van der Waals surface area (Å²) in [5.74, 6) is 0. The minimum Gasteiger partial charge on any atom is -0.374 e. The maximum Gasteiger partial charge on any atom is 0.187 e. The van der Waals surface area contributed by atoms with Crippen LogP contribution in [0.2, 0.25) is 0 Å². The molecular weight excluding hydrogens is 751 g/mol. The van der Waals surface area contributed by atoms with Crippen molar-refractivity contribution in [2.45, 2.75) is 26.3 Å². The summed E-state index contributed by atoms with van der Waals surface area (Å²) in [4.78, 5) is 18.3. The highest BCUT2D eigenvalue weighted by Crippen LogP contribution is 2.28. The molecule has 8 aromatic rings. The number of nitrogens with zero attached hydrogens (tertiary/aromatic N) is 5. The quantitative estimate of drug-likeness (QED) is 0.101. The Kier molecular flexibility index (Phi) is 14.4. The first-order valence-corrected chi connectivity index (χ1v) is 21.4. The number of benzene rings is 5. The van der Waals surface area contributed by atoms with Gasteiger partial charge in [-0.2, -0.15) is 0 Å². The van der Waals surface area contributed by atoms with Crippen LogP contribution < -0.4 is 15.5 Å². The predicted molar refractivity (Wildman–Crippen MR) is 247 cm³/mol. The van der Waals surface area contributed by atoms with Crippen LogP contribution in [0.5, 0.6) is 0 Å². The second-order valence-electron chi connectivity index (χ2n) is 13.9. The molecule has 7 nitrogen and oxygen atoms in total. The number of thiazole rings is 2. The molecule has 0 spiro atoms. The van der Waals surface area contributed by atoms with E-state index in [2.05, 4.69) is 165 Å². The van der Waals surface area contributed by atoms with Crippen molar-refractivity contribution in [2.24, 2.45) is 0 Å². The lowest BCUT2D eigenvalue weighted by atomic mass is 10.1. The number of likely N-dealkylation sites (N-methyl/N-ethyl adjacent to an activating group) is 2. The lowest BCUT2D eigenvalue weighted by Crippen LogP contribution is -2.25. The van der Waals surface area contributed by atoms with Crippen LogP contribution in [-0.4, -0.2) is 46.5 Å². The van der Waals surface area contributed by atoms with Gasteiger partial charge in [0, 0.05) is 78.0 Å². The van der Waals surface area contributed by atoms with Gasteiger partial charge in [-0.15, -0.1) is 22.7 Å². The molecule has 8 rings (SSSR count). The average Bonchev–Trinajstić information content (AvgIpc) is 3.97. The summed E-state index contributed by atoms with van der Waals surface area (Å²) in [5.41, 5.74) is 11.6. The summed E-state index contributed by atoms with van der Waals surface area (Å²) in [7, 11) is 2.13. The molecule has 0 atom stereocenters. The zero-order valence-corrected chi connectivity index (χ0v) is 34.7. The van der Waals surface area contributed by atoms with E-state index >= 15 is 0 Å². The van der Waals surface area contributed by atoms with Gasteiger partial charge in [0.2, 0.25) is 0 Å². The Morgan fingerprint density at radius 3 is 1.60 bits per heavy atom. The Balaban J connectivity index is 0.000000177. The third-order valence-electron chi connectivity index (χ3n) is 9.79. The topological polar surface area (TPSA) is 69.2 Å². The average molecular weight is 800 g/mol. The van der Waals surface area contributed by atoms with Gasteiger partial charge >= 0.3 is 0 Å². The first kappa shape index (κ1) is 40.1. The predicted octanol–water partition coefficient (Wildman–Crippen LogP) is 12.2. The van der Waals surface area contributed by atoms with Crippen molar-refractivity contribution >= 4 is 50.0 Å². The fraction of sp³-hybridized carbons (Fsp3) is 0.163. The molecule has 0 amide bonds. The van der Waals surface area contributed by atoms with Crippen LogP contribution in [0.4, 0.5) is 27.3 Å². The second kappa shape index (κ2) is 20.9. The van der Waals surface area contributed by atoms with Crippen molar-refractivity contribution in [1.82, 2.24) is 19.9 Å². The third-order valence-corrected chi connectivity index (χ3v) is 11.3. The summed E-state index contributed by atoms with van der Waals surface area (Å²) in [5, 5.41) is 12.8. The van der Waals surface area contributed by atoms with E-state index in [1.54, 1.807) is 28.9 Å². The van der Waals surface area contributed by atoms with Gasteiger partial charge in [0.05, 0.1) is 11.4 Å². The molecule has 58 heavy (non-hydrogen) atoms. The number of anilines is 5. The number of hydrogen-bond donors (Lipinski definition) is 2. The summed E-state index contributed by atoms with van der Waals surface area (Å²) >= 11 is 3.23. The van der Waals surface area contributed by atoms with Crippen LogP contribution in [-0.2, 0) is 19.4 Å². The van der Waals surface area contributed by atoms with Crippen LogP contribution in [0.25, 0.3) is 22.5 Å². The van der Waals surface area contributed by atoms with Gasteiger partial charge in [-0.1, -0.05) is 110 Å². The maximum atomic E-state index is 4.71. The molecule has 0 bridgehead atoms. The molecule has 0 fully saturated rings. The van der Waals surface area contributed by atoms with E-state index in [4.69, 9.17) is 4.98 Å². The van der Waals surface area contributed by atoms with Crippen LogP contribution in [0, 0.1) is 0 Å². The molecule has 3 aromatic heterocycles. The maximum absolute atomic E-state index is 4.71. The standard InChI is InChI=1S/C26H27N3S.C23H22N4S/c1-2-29(19-22-9-5-3-6-10-22)18-17-21-13-15-24(16-14-21)27-26-28-25(20-30-26)23-11-7-4-8-12-23;1-27(21-7-3-2-4-8-21)15-13-18-9-11-20(12-10-18)25-23-26-22(17-28-23)19-6-5-14-24-16-19/h3-16,20H,2,17-19H2,1H3,(H,27,28);2-12,14,16-17H,13,15H2,1H3,(H,25,26). The lowest BCUT2D eigenvalue weighted by molar-refractivity contribution is 0.283. The van der Waals surface area contributed by atoms with Crippen molar-refractivity contribution in [3.05, 3.63) is 192 Å². The SMILES string of the molecule is CCN(CCc1ccc(Nc2nc(-c3ccccc3)cs2)cc1)Cc1ccccc1.CN(CCc1ccc(Nc2nc(-c3cccnc3)cs2)cc1)c1ccccc1. The van der Waals surface area contributed by atoms with Gasteiger partial charge in [-0.05, 0) is 84.6 Å². The summed E-state index contributed by atoms with van der Waals surface area (Å²) in [6.07, 6.45) is 5.67. The Labute approximate surface area is 350 Å². The smallest absolute Gasteiger partial charge is 0.187 e. The minimum atomic E-state index is 0.885. The number of pyridine rings is 1. The molecule has 0 saturated heterocycles. The fourth-order valence-corrected chi connectivity index (χ4v) is 7.87. The van der Waals surface area contributed by atoms with Crippen molar-refractivity contribution in [2.75, 3.05) is 42.2 Å². The van der Waals surface area contributed by atoms with E-state index in [1.807, 2.05) is 48.0 Å². The number of hydrogen-bond acceptors (Lipinski definition) is 9. The monoisotopic (exact) mass is 799 g/mol. The molecule has 5 aromatic carbocycles. The lowest BCUT2D eigenvalue weighted by Gasteiger charge is -2.20. The summed E-state index contributed by atoms with van der Waals surface area (Å²) in [6, 6.07) is 52.7. The number of rotatable bonds is 16. The number of para-hydroxylation sites is 1. The highest BCUT2D eigenvalue weighted by atomic mass is 32.1.